The predicted molar refractivity (Wildman–Crippen MR) is 76.9 cm³/mol. The van der Waals surface area contributed by atoms with Crippen LogP contribution in [-0.4, -0.2) is 16.7 Å². The fraction of sp³-hybridized carbons (Fsp3) is 0.250. The lowest BCUT2D eigenvalue weighted by Crippen LogP contribution is -2.28. The van der Waals surface area contributed by atoms with Crippen LogP contribution in [0.2, 0.25) is 0 Å². The maximum atomic E-state index is 13.7. The number of hydrogen-bond donors (Lipinski definition) is 0. The largest absolute Gasteiger partial charge is 0.454 e. The molecule has 0 saturated heterocycles. The van der Waals surface area contributed by atoms with Gasteiger partial charge in [-0.1, -0.05) is 12.1 Å². The van der Waals surface area contributed by atoms with Crippen LogP contribution in [-0.2, 0) is 11.3 Å². The molecule has 0 N–H and O–H groups in total. The molecule has 0 bridgehead atoms. The molecule has 2 aromatic rings. The molecule has 0 aliphatic carbocycles. The van der Waals surface area contributed by atoms with Gasteiger partial charge in [-0.2, -0.15) is 13.2 Å². The quantitative estimate of drug-likeness (QED) is 0.618. The summed E-state index contributed by atoms with van der Waals surface area (Å²) in [5.41, 5.74) is -1.55. The lowest BCUT2D eigenvalue weighted by Gasteiger charge is -2.15. The normalized spacial score (nSPS) is 12.7. The molecule has 1 atom stereocenters. The molecule has 2 rings (SSSR count). The van der Waals surface area contributed by atoms with Gasteiger partial charge in [-0.3, -0.25) is 4.79 Å². The highest BCUT2D eigenvalue weighted by atomic mass is 19.4. The van der Waals surface area contributed by atoms with E-state index in [2.05, 4.69) is 0 Å². The average Bonchev–Trinajstić information content (AvgIpc) is 2.50. The summed E-state index contributed by atoms with van der Waals surface area (Å²) >= 11 is 0. The number of alkyl halides is 3. The van der Waals surface area contributed by atoms with Gasteiger partial charge in [0.2, 0.25) is 0 Å². The second-order valence-corrected chi connectivity index (χ2v) is 5.19. The van der Waals surface area contributed by atoms with Crippen LogP contribution >= 0.6 is 0 Å². The Morgan fingerprint density at radius 3 is 2.52 bits per heavy atom. The first-order chi connectivity index (χ1) is 11.6. The lowest BCUT2D eigenvalue weighted by molar-refractivity contribution is -0.141. The van der Waals surface area contributed by atoms with Gasteiger partial charge in [-0.15, -0.1) is 0 Å². The number of benzene rings is 1. The van der Waals surface area contributed by atoms with Crippen molar-refractivity contribution in [2.24, 2.45) is 0 Å². The van der Waals surface area contributed by atoms with Gasteiger partial charge >= 0.3 is 12.1 Å². The summed E-state index contributed by atoms with van der Waals surface area (Å²) in [5, 5.41) is 0. The maximum absolute atomic E-state index is 13.7. The third-order valence-corrected chi connectivity index (χ3v) is 3.28. The van der Waals surface area contributed by atoms with Crippen LogP contribution in [0.3, 0.4) is 0 Å². The summed E-state index contributed by atoms with van der Waals surface area (Å²) in [6.07, 6.45) is -4.95. The van der Waals surface area contributed by atoms with Crippen molar-refractivity contribution in [1.82, 2.24) is 4.57 Å². The number of carbonyl (C=O) groups excluding carboxylic acids is 1. The topological polar surface area (TPSA) is 48.3 Å². The molecular formula is C16H12F5NO3. The molecule has 0 saturated carbocycles. The first-order valence-electron chi connectivity index (χ1n) is 7.00. The average molecular weight is 361 g/mol. The summed E-state index contributed by atoms with van der Waals surface area (Å²) in [5.74, 6) is -3.34. The van der Waals surface area contributed by atoms with E-state index in [9.17, 15) is 31.5 Å². The molecule has 0 radical (unpaired) electrons. The van der Waals surface area contributed by atoms with Crippen molar-refractivity contribution in [3.63, 3.8) is 0 Å². The van der Waals surface area contributed by atoms with Gasteiger partial charge < -0.3 is 9.30 Å². The molecule has 0 aliphatic heterocycles. The van der Waals surface area contributed by atoms with Gasteiger partial charge in [0.25, 0.3) is 5.56 Å². The standard InChI is InChI=1S/C16H12F5NO3/c1-9(11-3-2-4-12(17)14(11)18)25-15(24)10-5-6-22(13(23)7-10)8-16(19,20)21/h2-7,9H,8H2,1H3/t9-/m0/s1. The van der Waals surface area contributed by atoms with Crippen molar-refractivity contribution in [2.45, 2.75) is 25.7 Å². The summed E-state index contributed by atoms with van der Waals surface area (Å²) in [6.45, 7) is -0.202. The monoisotopic (exact) mass is 361 g/mol. The zero-order chi connectivity index (χ0) is 18.8. The molecule has 4 nitrogen and oxygen atoms in total. The number of aromatic nitrogens is 1. The smallest absolute Gasteiger partial charge is 0.406 e. The van der Waals surface area contributed by atoms with Crippen molar-refractivity contribution < 1.29 is 31.5 Å². The molecule has 1 aromatic carbocycles. The number of ether oxygens (including phenoxy) is 1. The number of rotatable bonds is 4. The van der Waals surface area contributed by atoms with Crippen LogP contribution in [0, 0.1) is 11.6 Å². The van der Waals surface area contributed by atoms with Crippen LogP contribution in [0.4, 0.5) is 22.0 Å². The van der Waals surface area contributed by atoms with E-state index in [4.69, 9.17) is 4.74 Å². The molecule has 134 valence electrons. The minimum absolute atomic E-state index is 0.209. The zero-order valence-corrected chi connectivity index (χ0v) is 12.8. The minimum atomic E-state index is -4.59. The van der Waals surface area contributed by atoms with E-state index in [0.717, 1.165) is 18.3 Å². The Hall–Kier alpha value is -2.71. The summed E-state index contributed by atoms with van der Waals surface area (Å²) in [4.78, 5) is 23.6. The SMILES string of the molecule is C[C@H](OC(=O)c1ccn(CC(F)(F)F)c(=O)c1)c1cccc(F)c1F. The fourth-order valence-corrected chi connectivity index (χ4v) is 2.09. The summed E-state index contributed by atoms with van der Waals surface area (Å²) < 4.78 is 69.0. The Balaban J connectivity index is 2.17. The minimum Gasteiger partial charge on any atom is -0.454 e. The third-order valence-electron chi connectivity index (χ3n) is 3.28. The number of halogens is 5. The van der Waals surface area contributed by atoms with Gasteiger partial charge in [0.05, 0.1) is 5.56 Å². The highest BCUT2D eigenvalue weighted by Gasteiger charge is 2.28. The molecule has 0 unspecified atom stereocenters. The Labute approximate surface area is 138 Å². The first-order valence-corrected chi connectivity index (χ1v) is 7.00. The molecule has 0 aliphatic rings. The van der Waals surface area contributed by atoms with Crippen LogP contribution in [0.15, 0.2) is 41.3 Å². The zero-order valence-electron chi connectivity index (χ0n) is 12.8. The highest BCUT2D eigenvalue weighted by Crippen LogP contribution is 2.23. The lowest BCUT2D eigenvalue weighted by atomic mass is 10.1. The van der Waals surface area contributed by atoms with E-state index in [1.807, 2.05) is 0 Å². The van der Waals surface area contributed by atoms with Crippen molar-refractivity contribution in [3.8, 4) is 0 Å². The number of esters is 1. The van der Waals surface area contributed by atoms with E-state index in [-0.39, 0.29) is 11.1 Å². The van der Waals surface area contributed by atoms with E-state index in [1.165, 1.54) is 19.1 Å². The molecule has 1 heterocycles. The summed E-state index contributed by atoms with van der Waals surface area (Å²) in [6, 6.07) is 5.01. The van der Waals surface area contributed by atoms with Gasteiger partial charge in [-0.25, -0.2) is 13.6 Å². The molecule has 0 spiro atoms. The Morgan fingerprint density at radius 1 is 1.24 bits per heavy atom. The molecule has 9 heteroatoms. The summed E-state index contributed by atoms with van der Waals surface area (Å²) in [7, 11) is 0. The highest BCUT2D eigenvalue weighted by molar-refractivity contribution is 5.89. The fourth-order valence-electron chi connectivity index (χ4n) is 2.09. The van der Waals surface area contributed by atoms with Crippen LogP contribution in [0.25, 0.3) is 0 Å². The van der Waals surface area contributed by atoms with E-state index in [0.29, 0.717) is 10.6 Å². The molecule has 0 amide bonds. The van der Waals surface area contributed by atoms with Gasteiger partial charge in [0, 0.05) is 17.8 Å². The molecular weight excluding hydrogens is 349 g/mol. The van der Waals surface area contributed by atoms with Crippen LogP contribution in [0.1, 0.15) is 28.9 Å². The third kappa shape index (κ3) is 4.65. The molecule has 1 aromatic heterocycles. The Kier molecular flexibility index (Phi) is 5.24. The van der Waals surface area contributed by atoms with E-state index < -0.39 is 42.0 Å². The molecule has 25 heavy (non-hydrogen) atoms. The molecule has 0 fully saturated rings. The first kappa shape index (κ1) is 18.6. The van der Waals surface area contributed by atoms with Gasteiger partial charge in [0.1, 0.15) is 12.6 Å². The van der Waals surface area contributed by atoms with Crippen LogP contribution in [0.5, 0.6) is 0 Å². The number of hydrogen-bond acceptors (Lipinski definition) is 3. The predicted octanol–water partition coefficient (Wildman–Crippen LogP) is 3.61. The van der Waals surface area contributed by atoms with E-state index in [1.54, 1.807) is 0 Å². The van der Waals surface area contributed by atoms with Crippen molar-refractivity contribution in [1.29, 1.82) is 0 Å². The maximum Gasteiger partial charge on any atom is 0.406 e. The Bertz CT molecular complexity index is 844. The van der Waals surface area contributed by atoms with Crippen LogP contribution < -0.4 is 5.56 Å². The Morgan fingerprint density at radius 2 is 1.92 bits per heavy atom. The number of pyridine rings is 1. The van der Waals surface area contributed by atoms with Crippen molar-refractivity contribution >= 4 is 5.97 Å². The van der Waals surface area contributed by atoms with Crippen molar-refractivity contribution in [3.05, 3.63) is 69.6 Å². The number of carbonyl (C=O) groups is 1. The van der Waals surface area contributed by atoms with Crippen molar-refractivity contribution in [2.75, 3.05) is 0 Å². The number of nitrogens with zero attached hydrogens (tertiary/aromatic N) is 1. The van der Waals surface area contributed by atoms with Gasteiger partial charge in [-0.05, 0) is 19.1 Å². The van der Waals surface area contributed by atoms with Gasteiger partial charge in [0.15, 0.2) is 11.6 Å². The second-order valence-electron chi connectivity index (χ2n) is 5.19. The second kappa shape index (κ2) is 7.04. The van der Waals surface area contributed by atoms with E-state index >= 15 is 0 Å².